The van der Waals surface area contributed by atoms with Crippen LogP contribution in [0.4, 0.5) is 0 Å². The van der Waals surface area contributed by atoms with E-state index in [0.29, 0.717) is 34.5 Å². The van der Waals surface area contributed by atoms with Gasteiger partial charge in [0.15, 0.2) is 16.7 Å². The predicted octanol–water partition coefficient (Wildman–Crippen LogP) is 5.33. The molecular formula is C29H33N3O5S. The number of nitrogens with zero attached hydrogens (tertiary/aromatic N) is 2. The Morgan fingerprint density at radius 3 is 2.58 bits per heavy atom. The van der Waals surface area contributed by atoms with Crippen molar-refractivity contribution in [1.29, 1.82) is 0 Å². The molecule has 0 radical (unpaired) electrons. The average molecular weight is 536 g/mol. The number of nitrogens with one attached hydrogen (secondary N) is 1. The molecule has 0 saturated carbocycles. The molecule has 0 fully saturated rings. The van der Waals surface area contributed by atoms with Crippen LogP contribution in [0.3, 0.4) is 0 Å². The number of allylic oxidation sites excluding steroid dienone is 1. The van der Waals surface area contributed by atoms with Gasteiger partial charge in [0.1, 0.15) is 6.61 Å². The Balaban J connectivity index is 1.68. The highest BCUT2D eigenvalue weighted by Crippen LogP contribution is 2.46. The molecule has 2 aliphatic heterocycles. The number of methoxy groups -OCH3 is 2. The largest absolute Gasteiger partial charge is 0.493 e. The summed E-state index contributed by atoms with van der Waals surface area (Å²) in [5.41, 5.74) is 3.57. The molecular weight excluding hydrogens is 502 g/mol. The Labute approximate surface area is 227 Å². The number of aliphatic imine (C=N–C) groups is 1. The van der Waals surface area contributed by atoms with Crippen LogP contribution in [0.5, 0.6) is 11.5 Å². The highest BCUT2D eigenvalue weighted by atomic mass is 32.2. The first kappa shape index (κ1) is 27.3. The molecule has 0 saturated heterocycles. The van der Waals surface area contributed by atoms with Crippen molar-refractivity contribution in [3.05, 3.63) is 82.0 Å². The molecule has 38 heavy (non-hydrogen) atoms. The lowest BCUT2D eigenvalue weighted by molar-refractivity contribution is -0.136. The van der Waals surface area contributed by atoms with Crippen molar-refractivity contribution < 1.29 is 23.8 Å². The van der Waals surface area contributed by atoms with Crippen LogP contribution in [-0.4, -0.2) is 42.2 Å². The number of rotatable bonds is 10. The van der Waals surface area contributed by atoms with Gasteiger partial charge in [-0.25, -0.2) is 9.79 Å². The minimum Gasteiger partial charge on any atom is -0.493 e. The molecule has 4 rings (SSSR count). The van der Waals surface area contributed by atoms with Crippen LogP contribution in [0.2, 0.25) is 0 Å². The maximum Gasteiger partial charge on any atom is 0.338 e. The van der Waals surface area contributed by atoms with Gasteiger partial charge < -0.3 is 24.4 Å². The molecule has 1 amide bonds. The van der Waals surface area contributed by atoms with Gasteiger partial charge in [0.05, 0.1) is 38.0 Å². The van der Waals surface area contributed by atoms with Gasteiger partial charge in [-0.2, -0.15) is 0 Å². The number of fused-ring (bicyclic) bond motifs is 1. The van der Waals surface area contributed by atoms with E-state index < -0.39 is 12.0 Å². The highest BCUT2D eigenvalue weighted by molar-refractivity contribution is 8.16. The van der Waals surface area contributed by atoms with E-state index in [0.717, 1.165) is 23.2 Å². The summed E-state index contributed by atoms with van der Waals surface area (Å²) >= 11 is 1.44. The van der Waals surface area contributed by atoms with Crippen LogP contribution in [0, 0.1) is 0 Å². The average Bonchev–Trinajstić information content (AvgIpc) is 3.32. The first-order valence-corrected chi connectivity index (χ1v) is 13.4. The second-order valence-electron chi connectivity index (χ2n) is 9.12. The molecule has 0 bridgehead atoms. The minimum absolute atomic E-state index is 0.0721. The first-order chi connectivity index (χ1) is 18.4. The Morgan fingerprint density at radius 2 is 1.89 bits per heavy atom. The fraction of sp³-hybridized carbons (Fsp3) is 0.345. The molecule has 0 aliphatic carbocycles. The summed E-state index contributed by atoms with van der Waals surface area (Å²) in [5.74, 6) is 0.569. The number of carbonyl (C=O) groups is 2. The summed E-state index contributed by atoms with van der Waals surface area (Å²) in [6.07, 6.45) is 1.00. The third kappa shape index (κ3) is 5.88. The third-order valence-electron chi connectivity index (χ3n) is 6.51. The topological polar surface area (TPSA) is 89.5 Å². The number of hydrogen-bond acceptors (Lipinski definition) is 8. The van der Waals surface area contributed by atoms with Crippen LogP contribution >= 0.6 is 11.8 Å². The van der Waals surface area contributed by atoms with Gasteiger partial charge in [-0.05, 0) is 48.9 Å². The van der Waals surface area contributed by atoms with Gasteiger partial charge in [0, 0.05) is 11.7 Å². The van der Waals surface area contributed by atoms with E-state index in [-0.39, 0.29) is 18.4 Å². The molecule has 2 aromatic rings. The van der Waals surface area contributed by atoms with E-state index in [1.807, 2.05) is 72.7 Å². The Hall–Kier alpha value is -3.72. The smallest absolute Gasteiger partial charge is 0.338 e. The summed E-state index contributed by atoms with van der Waals surface area (Å²) in [5, 5.41) is 5.64. The zero-order valence-corrected chi connectivity index (χ0v) is 23.1. The molecule has 0 unspecified atom stereocenters. The van der Waals surface area contributed by atoms with Crippen LogP contribution in [0.15, 0.2) is 75.9 Å². The Kier molecular flexibility index (Phi) is 8.78. The molecule has 0 aromatic heterocycles. The lowest BCUT2D eigenvalue weighted by Gasteiger charge is -2.36. The monoisotopic (exact) mass is 535 g/mol. The molecule has 2 aromatic carbocycles. The molecule has 8 nitrogen and oxygen atoms in total. The number of esters is 1. The predicted molar refractivity (Wildman–Crippen MR) is 149 cm³/mol. The number of benzene rings is 2. The lowest BCUT2D eigenvalue weighted by atomic mass is 9.93. The number of amides is 1. The normalized spacial score (nSPS) is 17.3. The van der Waals surface area contributed by atoms with Gasteiger partial charge in [0.2, 0.25) is 5.91 Å². The molecule has 2 aliphatic rings. The summed E-state index contributed by atoms with van der Waals surface area (Å²) in [6.45, 7) is 6.19. The summed E-state index contributed by atoms with van der Waals surface area (Å²) in [6, 6.07) is 15.0. The fourth-order valence-electron chi connectivity index (χ4n) is 4.36. The SMILES string of the molecule is CC[C@@H](C)NC(=O)CC1=CSC2=NC(C)=C(C(=O)OC)[C@H](c3ccc(OCc4ccccc4)c(OC)c3)N12. The minimum atomic E-state index is -0.551. The molecule has 2 heterocycles. The van der Waals surface area contributed by atoms with Crippen LogP contribution in [0.1, 0.15) is 50.8 Å². The van der Waals surface area contributed by atoms with E-state index in [1.54, 1.807) is 14.0 Å². The number of amidine groups is 1. The summed E-state index contributed by atoms with van der Waals surface area (Å²) in [7, 11) is 2.94. The van der Waals surface area contributed by atoms with Gasteiger partial charge in [0.25, 0.3) is 0 Å². The second kappa shape index (κ2) is 12.2. The highest BCUT2D eigenvalue weighted by Gasteiger charge is 2.41. The Morgan fingerprint density at radius 1 is 1.13 bits per heavy atom. The van der Waals surface area contributed by atoms with Crippen molar-refractivity contribution in [1.82, 2.24) is 10.2 Å². The molecule has 2 atom stereocenters. The number of ether oxygens (including phenoxy) is 3. The summed E-state index contributed by atoms with van der Waals surface area (Å²) in [4.78, 5) is 32.4. The molecule has 9 heteroatoms. The van der Waals surface area contributed by atoms with Crippen molar-refractivity contribution in [2.45, 2.75) is 52.3 Å². The maximum atomic E-state index is 13.0. The van der Waals surface area contributed by atoms with Crippen LogP contribution in [-0.2, 0) is 20.9 Å². The summed E-state index contributed by atoms with van der Waals surface area (Å²) < 4.78 is 16.9. The molecule has 200 valence electrons. The maximum absolute atomic E-state index is 13.0. The lowest BCUT2D eigenvalue weighted by Crippen LogP contribution is -2.39. The third-order valence-corrected chi connectivity index (χ3v) is 7.40. The van der Waals surface area contributed by atoms with E-state index in [1.165, 1.54) is 18.9 Å². The quantitative estimate of drug-likeness (QED) is 0.412. The fourth-order valence-corrected chi connectivity index (χ4v) is 5.32. The van der Waals surface area contributed by atoms with E-state index >= 15 is 0 Å². The number of carbonyl (C=O) groups excluding carboxylic acids is 2. The van der Waals surface area contributed by atoms with Crippen molar-refractivity contribution in [2.75, 3.05) is 14.2 Å². The second-order valence-corrected chi connectivity index (χ2v) is 9.96. The van der Waals surface area contributed by atoms with Crippen LogP contribution in [0.25, 0.3) is 0 Å². The van der Waals surface area contributed by atoms with Gasteiger partial charge in [-0.15, -0.1) is 0 Å². The van der Waals surface area contributed by atoms with E-state index in [2.05, 4.69) is 10.3 Å². The zero-order chi connectivity index (χ0) is 27.2. The Bertz CT molecular complexity index is 1290. The van der Waals surface area contributed by atoms with Crippen LogP contribution < -0.4 is 14.8 Å². The van der Waals surface area contributed by atoms with Crippen molar-refractivity contribution in [2.24, 2.45) is 4.99 Å². The number of thioether (sulfide) groups is 1. The van der Waals surface area contributed by atoms with E-state index in [9.17, 15) is 9.59 Å². The van der Waals surface area contributed by atoms with Gasteiger partial charge in [-0.3, -0.25) is 4.79 Å². The standard InChI is InChI=1S/C29H33N3O5S/c1-6-18(2)30-25(33)15-22-17-38-29-31-19(3)26(28(34)36-5)27(32(22)29)21-12-13-23(24(14-21)35-4)37-16-20-10-8-7-9-11-20/h7-14,17-18,27H,6,15-16H2,1-5H3,(H,30,33)/t18-,27+/m1/s1. The van der Waals surface area contributed by atoms with Crippen molar-refractivity contribution in [3.63, 3.8) is 0 Å². The van der Waals surface area contributed by atoms with E-state index in [4.69, 9.17) is 14.2 Å². The molecule has 0 spiro atoms. The molecule has 1 N–H and O–H groups in total. The van der Waals surface area contributed by atoms with Gasteiger partial charge >= 0.3 is 5.97 Å². The zero-order valence-electron chi connectivity index (χ0n) is 22.3. The van der Waals surface area contributed by atoms with Gasteiger partial charge in [-0.1, -0.05) is 55.1 Å². The van der Waals surface area contributed by atoms with Crippen molar-refractivity contribution >= 4 is 28.8 Å². The number of hydrogen-bond donors (Lipinski definition) is 1. The first-order valence-electron chi connectivity index (χ1n) is 12.5. The van der Waals surface area contributed by atoms with Crippen molar-refractivity contribution in [3.8, 4) is 11.5 Å².